The van der Waals surface area contributed by atoms with Crippen LogP contribution in [0.4, 0.5) is 0 Å². The van der Waals surface area contributed by atoms with Crippen molar-refractivity contribution in [1.29, 1.82) is 0 Å². The second-order valence-corrected chi connectivity index (χ2v) is 3.34. The van der Waals surface area contributed by atoms with Gasteiger partial charge in [-0.15, -0.1) is 0 Å². The SMILES string of the molecule is O=C1NC(=S)NNC1c1ccccc1. The summed E-state index contributed by atoms with van der Waals surface area (Å²) in [6.45, 7) is 0. The first-order chi connectivity index (χ1) is 6.77. The Bertz CT molecular complexity index is 366. The fourth-order valence-corrected chi connectivity index (χ4v) is 1.46. The molecule has 3 N–H and O–H groups in total. The Kier molecular flexibility index (Phi) is 2.43. The lowest BCUT2D eigenvalue weighted by Gasteiger charge is -2.25. The summed E-state index contributed by atoms with van der Waals surface area (Å²) in [5, 5.41) is 2.85. The maximum Gasteiger partial charge on any atom is 0.249 e. The van der Waals surface area contributed by atoms with Crippen LogP contribution in [-0.2, 0) is 4.79 Å². The summed E-state index contributed by atoms with van der Waals surface area (Å²) >= 11 is 4.78. The van der Waals surface area contributed by atoms with Gasteiger partial charge in [-0.25, -0.2) is 5.43 Å². The predicted molar refractivity (Wildman–Crippen MR) is 56.2 cm³/mol. The average Bonchev–Trinajstić information content (AvgIpc) is 2.19. The minimum atomic E-state index is -0.386. The van der Waals surface area contributed by atoms with Crippen LogP contribution in [0, 0.1) is 0 Å². The third-order valence-corrected chi connectivity index (χ3v) is 2.17. The number of benzene rings is 1. The molecule has 1 unspecified atom stereocenters. The van der Waals surface area contributed by atoms with Crippen LogP contribution >= 0.6 is 12.2 Å². The van der Waals surface area contributed by atoms with Crippen molar-refractivity contribution in [3.05, 3.63) is 35.9 Å². The highest BCUT2D eigenvalue weighted by Crippen LogP contribution is 2.12. The standard InChI is InChI=1S/C9H9N3OS/c13-8-7(11-12-9(14)10-8)6-4-2-1-3-5-6/h1-5,7,11H,(H2,10,12,13,14). The lowest BCUT2D eigenvalue weighted by atomic mass is 10.1. The molecule has 0 bridgehead atoms. The van der Waals surface area contributed by atoms with Crippen LogP contribution in [0.1, 0.15) is 11.6 Å². The van der Waals surface area contributed by atoms with Gasteiger partial charge in [0.05, 0.1) is 0 Å². The lowest BCUT2D eigenvalue weighted by Crippen LogP contribution is -2.57. The molecule has 0 radical (unpaired) electrons. The molecule has 0 saturated carbocycles. The number of amides is 1. The van der Waals surface area contributed by atoms with E-state index in [9.17, 15) is 4.79 Å². The van der Waals surface area contributed by atoms with Gasteiger partial charge >= 0.3 is 0 Å². The van der Waals surface area contributed by atoms with Crippen LogP contribution in [-0.4, -0.2) is 11.0 Å². The molecule has 4 nitrogen and oxygen atoms in total. The molecule has 1 aromatic carbocycles. The predicted octanol–water partition coefficient (Wildman–Crippen LogP) is 0.237. The number of hydrazine groups is 1. The van der Waals surface area contributed by atoms with Crippen LogP contribution in [0.25, 0.3) is 0 Å². The first-order valence-electron chi connectivity index (χ1n) is 4.18. The molecule has 1 heterocycles. The molecule has 1 amide bonds. The van der Waals surface area contributed by atoms with E-state index in [0.29, 0.717) is 5.11 Å². The molecule has 0 aliphatic carbocycles. The van der Waals surface area contributed by atoms with Crippen molar-refractivity contribution in [2.24, 2.45) is 0 Å². The fraction of sp³-hybridized carbons (Fsp3) is 0.111. The Morgan fingerprint density at radius 2 is 1.93 bits per heavy atom. The van der Waals surface area contributed by atoms with E-state index in [4.69, 9.17) is 12.2 Å². The fourth-order valence-electron chi connectivity index (χ4n) is 1.30. The second kappa shape index (κ2) is 3.73. The number of rotatable bonds is 1. The number of hydrogen-bond donors (Lipinski definition) is 3. The summed E-state index contributed by atoms with van der Waals surface area (Å²) in [5.74, 6) is -0.139. The minimum absolute atomic E-state index is 0.139. The average molecular weight is 207 g/mol. The summed E-state index contributed by atoms with van der Waals surface area (Å²) in [5.41, 5.74) is 6.44. The van der Waals surface area contributed by atoms with Gasteiger partial charge in [-0.05, 0) is 17.8 Å². The van der Waals surface area contributed by atoms with Crippen molar-refractivity contribution in [1.82, 2.24) is 16.2 Å². The Balaban J connectivity index is 2.20. The molecular weight excluding hydrogens is 198 g/mol. The summed E-state index contributed by atoms with van der Waals surface area (Å²) in [6.07, 6.45) is 0. The van der Waals surface area contributed by atoms with Crippen molar-refractivity contribution < 1.29 is 4.79 Å². The van der Waals surface area contributed by atoms with E-state index in [2.05, 4.69) is 16.2 Å². The molecule has 1 fully saturated rings. The van der Waals surface area contributed by atoms with Crippen molar-refractivity contribution in [3.63, 3.8) is 0 Å². The number of thiocarbonyl (C=S) groups is 1. The molecule has 1 aromatic rings. The van der Waals surface area contributed by atoms with E-state index in [-0.39, 0.29) is 11.9 Å². The summed E-state index contributed by atoms with van der Waals surface area (Å²) < 4.78 is 0. The van der Waals surface area contributed by atoms with Crippen molar-refractivity contribution in [3.8, 4) is 0 Å². The van der Waals surface area contributed by atoms with Gasteiger partial charge in [0.1, 0.15) is 6.04 Å². The highest BCUT2D eigenvalue weighted by atomic mass is 32.1. The molecule has 14 heavy (non-hydrogen) atoms. The number of nitrogens with one attached hydrogen (secondary N) is 3. The van der Waals surface area contributed by atoms with Gasteiger partial charge in [0.25, 0.3) is 0 Å². The molecule has 1 aliphatic rings. The van der Waals surface area contributed by atoms with Crippen molar-refractivity contribution in [2.45, 2.75) is 6.04 Å². The van der Waals surface area contributed by atoms with E-state index in [1.54, 1.807) is 0 Å². The van der Waals surface area contributed by atoms with Gasteiger partial charge < -0.3 is 5.32 Å². The third kappa shape index (κ3) is 1.73. The highest BCUT2D eigenvalue weighted by molar-refractivity contribution is 7.80. The molecule has 72 valence electrons. The number of hydrogen-bond acceptors (Lipinski definition) is 3. The molecular formula is C9H9N3OS. The first kappa shape index (κ1) is 9.11. The molecule has 5 heteroatoms. The third-order valence-electron chi connectivity index (χ3n) is 1.96. The zero-order valence-electron chi connectivity index (χ0n) is 7.28. The number of carbonyl (C=O) groups is 1. The van der Waals surface area contributed by atoms with Crippen LogP contribution in [0.2, 0.25) is 0 Å². The number of carbonyl (C=O) groups excluding carboxylic acids is 1. The van der Waals surface area contributed by atoms with E-state index in [0.717, 1.165) is 5.56 Å². The Hall–Kier alpha value is -1.46. The summed E-state index contributed by atoms with van der Waals surface area (Å²) in [7, 11) is 0. The largest absolute Gasteiger partial charge is 0.300 e. The quantitative estimate of drug-likeness (QED) is 0.577. The molecule has 2 rings (SSSR count). The van der Waals surface area contributed by atoms with E-state index in [1.807, 2.05) is 30.3 Å². The lowest BCUT2D eigenvalue weighted by molar-refractivity contribution is -0.122. The smallest absolute Gasteiger partial charge is 0.249 e. The van der Waals surface area contributed by atoms with Gasteiger partial charge in [0, 0.05) is 0 Å². The van der Waals surface area contributed by atoms with Crippen LogP contribution in [0.5, 0.6) is 0 Å². The molecule has 1 aliphatic heterocycles. The summed E-state index contributed by atoms with van der Waals surface area (Å²) in [6, 6.07) is 9.06. The molecule has 0 aromatic heterocycles. The minimum Gasteiger partial charge on any atom is -0.300 e. The molecule has 1 saturated heterocycles. The van der Waals surface area contributed by atoms with Gasteiger partial charge in [-0.2, -0.15) is 0 Å². The van der Waals surface area contributed by atoms with Crippen molar-refractivity contribution in [2.75, 3.05) is 0 Å². The van der Waals surface area contributed by atoms with Gasteiger partial charge in [-0.1, -0.05) is 30.3 Å². The normalized spacial score (nSPS) is 21.3. The van der Waals surface area contributed by atoms with E-state index >= 15 is 0 Å². The topological polar surface area (TPSA) is 53.2 Å². The van der Waals surface area contributed by atoms with Gasteiger partial charge in [0.2, 0.25) is 5.91 Å². The van der Waals surface area contributed by atoms with Crippen molar-refractivity contribution >= 4 is 23.2 Å². The first-order valence-corrected chi connectivity index (χ1v) is 4.59. The Labute approximate surface area is 86.7 Å². The van der Waals surface area contributed by atoms with Crippen LogP contribution in [0.3, 0.4) is 0 Å². The second-order valence-electron chi connectivity index (χ2n) is 2.93. The zero-order chi connectivity index (χ0) is 9.97. The highest BCUT2D eigenvalue weighted by Gasteiger charge is 2.24. The summed E-state index contributed by atoms with van der Waals surface area (Å²) in [4.78, 5) is 11.5. The maximum absolute atomic E-state index is 11.5. The van der Waals surface area contributed by atoms with Gasteiger partial charge in [0.15, 0.2) is 5.11 Å². The Morgan fingerprint density at radius 3 is 2.57 bits per heavy atom. The van der Waals surface area contributed by atoms with Gasteiger partial charge in [-0.3, -0.25) is 10.2 Å². The maximum atomic E-state index is 11.5. The molecule has 0 spiro atoms. The van der Waals surface area contributed by atoms with Crippen LogP contribution in [0.15, 0.2) is 30.3 Å². The zero-order valence-corrected chi connectivity index (χ0v) is 8.10. The monoisotopic (exact) mass is 207 g/mol. The van der Waals surface area contributed by atoms with E-state index in [1.165, 1.54) is 0 Å². The van der Waals surface area contributed by atoms with E-state index < -0.39 is 0 Å². The Morgan fingerprint density at radius 1 is 1.21 bits per heavy atom. The van der Waals surface area contributed by atoms with Crippen LogP contribution < -0.4 is 16.2 Å². The molecule has 1 atom stereocenters.